The number of hydrogen-bond donors (Lipinski definition) is 2. The number of aromatic amines is 1. The average Bonchev–Trinajstić information content (AvgIpc) is 2.74. The highest BCUT2D eigenvalue weighted by molar-refractivity contribution is 5.78. The molecule has 0 aromatic carbocycles. The second-order valence-corrected chi connectivity index (χ2v) is 5.62. The van der Waals surface area contributed by atoms with Crippen LogP contribution in [0.3, 0.4) is 0 Å². The van der Waals surface area contributed by atoms with Crippen molar-refractivity contribution in [1.82, 2.24) is 19.9 Å². The van der Waals surface area contributed by atoms with E-state index in [1.165, 1.54) is 6.20 Å². The van der Waals surface area contributed by atoms with Crippen molar-refractivity contribution < 1.29 is 4.74 Å². The van der Waals surface area contributed by atoms with Crippen LogP contribution in [0.15, 0.2) is 47.7 Å². The molecule has 0 aliphatic heterocycles. The van der Waals surface area contributed by atoms with Crippen LogP contribution in [0.25, 0.3) is 16.9 Å². The highest BCUT2D eigenvalue weighted by atomic mass is 16.5. The number of fused-ring (bicyclic) bond motifs is 2. The summed E-state index contributed by atoms with van der Waals surface area (Å²) in [6.45, 7) is 0. The molecule has 7 nitrogen and oxygen atoms in total. The topological polar surface area (TPSA) is 107 Å². The smallest absolute Gasteiger partial charge is 0.267 e. The summed E-state index contributed by atoms with van der Waals surface area (Å²) < 4.78 is 6.09. The van der Waals surface area contributed by atoms with Gasteiger partial charge in [0.1, 0.15) is 11.3 Å². The van der Waals surface area contributed by atoms with E-state index in [2.05, 4.69) is 19.9 Å². The number of nitrogens with one attached hydrogen (secondary N) is 1. The van der Waals surface area contributed by atoms with E-state index >= 15 is 0 Å². The fourth-order valence-corrected chi connectivity index (χ4v) is 2.75. The molecule has 0 saturated heterocycles. The third-order valence-corrected chi connectivity index (χ3v) is 3.88. The maximum absolute atomic E-state index is 11.6. The van der Waals surface area contributed by atoms with Crippen molar-refractivity contribution in [1.29, 1.82) is 0 Å². The molecule has 3 aromatic rings. The summed E-state index contributed by atoms with van der Waals surface area (Å²) in [6.07, 6.45) is 7.87. The van der Waals surface area contributed by atoms with Crippen molar-refractivity contribution in [3.05, 3.63) is 64.5 Å². The lowest BCUT2D eigenvalue weighted by Gasteiger charge is -2.12. The molecule has 1 unspecified atom stereocenters. The molecule has 0 saturated carbocycles. The average molecular weight is 321 g/mol. The first kappa shape index (κ1) is 14.5. The predicted octanol–water partition coefficient (Wildman–Crippen LogP) is 1.41. The number of ether oxygens (including phenoxy) is 1. The van der Waals surface area contributed by atoms with Crippen molar-refractivity contribution in [3.8, 4) is 5.75 Å². The van der Waals surface area contributed by atoms with Gasteiger partial charge in [0.2, 0.25) is 0 Å². The zero-order chi connectivity index (χ0) is 16.5. The molecule has 0 bridgehead atoms. The molecule has 3 N–H and O–H groups in total. The van der Waals surface area contributed by atoms with Crippen LogP contribution in [-0.2, 0) is 6.42 Å². The van der Waals surface area contributed by atoms with Crippen LogP contribution < -0.4 is 16.0 Å². The van der Waals surface area contributed by atoms with Gasteiger partial charge in [0.15, 0.2) is 11.4 Å². The maximum Gasteiger partial charge on any atom is 0.267 e. The van der Waals surface area contributed by atoms with Crippen LogP contribution in [0, 0.1) is 0 Å². The second kappa shape index (κ2) is 5.86. The first-order valence-electron chi connectivity index (χ1n) is 7.62. The quantitative estimate of drug-likeness (QED) is 0.739. The van der Waals surface area contributed by atoms with Gasteiger partial charge in [-0.2, -0.15) is 0 Å². The Morgan fingerprint density at radius 1 is 1.21 bits per heavy atom. The monoisotopic (exact) mass is 321 g/mol. The van der Waals surface area contributed by atoms with Crippen LogP contribution in [0.4, 0.5) is 0 Å². The summed E-state index contributed by atoms with van der Waals surface area (Å²) in [5.74, 6) is 1.16. The van der Waals surface area contributed by atoms with Gasteiger partial charge in [-0.25, -0.2) is 9.97 Å². The Balaban J connectivity index is 1.81. The van der Waals surface area contributed by atoms with Crippen LogP contribution in [0.5, 0.6) is 5.75 Å². The Kier molecular flexibility index (Phi) is 3.55. The van der Waals surface area contributed by atoms with Gasteiger partial charge in [-0.05, 0) is 24.6 Å². The molecule has 0 radical (unpaired) electrons. The molecule has 0 amide bonds. The van der Waals surface area contributed by atoms with E-state index in [9.17, 15) is 4.79 Å². The van der Waals surface area contributed by atoms with E-state index in [1.807, 2.05) is 18.2 Å². The lowest BCUT2D eigenvalue weighted by Crippen LogP contribution is -2.21. The number of rotatable bonds is 2. The van der Waals surface area contributed by atoms with Crippen molar-refractivity contribution in [2.45, 2.75) is 18.9 Å². The fourth-order valence-electron chi connectivity index (χ4n) is 2.75. The van der Waals surface area contributed by atoms with E-state index in [0.29, 0.717) is 35.5 Å². The summed E-state index contributed by atoms with van der Waals surface area (Å²) in [6, 6.07) is 5.51. The van der Waals surface area contributed by atoms with Gasteiger partial charge in [-0.1, -0.05) is 0 Å². The first-order chi connectivity index (χ1) is 11.7. The second-order valence-electron chi connectivity index (χ2n) is 5.62. The van der Waals surface area contributed by atoms with Crippen molar-refractivity contribution in [3.63, 3.8) is 0 Å². The fraction of sp³-hybridized carbons (Fsp3) is 0.176. The number of H-pyrrole nitrogens is 1. The minimum Gasteiger partial charge on any atom is -0.455 e. The molecular formula is C17H15N5O2. The van der Waals surface area contributed by atoms with Gasteiger partial charge < -0.3 is 15.5 Å². The number of hydrogen-bond acceptors (Lipinski definition) is 6. The van der Waals surface area contributed by atoms with E-state index in [4.69, 9.17) is 10.5 Å². The number of aromatic nitrogens is 4. The third-order valence-electron chi connectivity index (χ3n) is 3.88. The molecule has 24 heavy (non-hydrogen) atoms. The van der Waals surface area contributed by atoms with Crippen molar-refractivity contribution in [2.24, 2.45) is 5.73 Å². The van der Waals surface area contributed by atoms with E-state index in [1.54, 1.807) is 18.5 Å². The van der Waals surface area contributed by atoms with Crippen LogP contribution >= 0.6 is 0 Å². The highest BCUT2D eigenvalue weighted by Gasteiger charge is 2.19. The highest BCUT2D eigenvalue weighted by Crippen LogP contribution is 2.29. The standard InChI is InChI=1S/C17H15N5O2/c18-10-3-4-13(11-2-1-6-19-12(11)8-10)24-14-5-7-20-17-16(14)22-15(23)9-21-17/h1-2,4-7,9-10H,3,8,18H2,(H,22,23). The van der Waals surface area contributed by atoms with E-state index in [-0.39, 0.29) is 11.6 Å². The third kappa shape index (κ3) is 2.65. The molecular weight excluding hydrogens is 306 g/mol. The summed E-state index contributed by atoms with van der Waals surface area (Å²) in [5, 5.41) is 0. The zero-order valence-electron chi connectivity index (χ0n) is 12.8. The van der Waals surface area contributed by atoms with Crippen LogP contribution in [-0.4, -0.2) is 26.0 Å². The normalized spacial score (nSPS) is 17.0. The van der Waals surface area contributed by atoms with Gasteiger partial charge in [0.05, 0.1) is 11.9 Å². The molecule has 1 aliphatic rings. The van der Waals surface area contributed by atoms with Crippen molar-refractivity contribution in [2.75, 3.05) is 0 Å². The summed E-state index contributed by atoms with van der Waals surface area (Å²) >= 11 is 0. The Hall–Kier alpha value is -3.06. The molecule has 7 heteroatoms. The lowest BCUT2D eigenvalue weighted by molar-refractivity contribution is 0.516. The molecule has 120 valence electrons. The zero-order valence-corrected chi connectivity index (χ0v) is 12.8. The van der Waals surface area contributed by atoms with E-state index < -0.39 is 0 Å². The molecule has 1 aliphatic carbocycles. The molecule has 3 aromatic heterocycles. The maximum atomic E-state index is 11.6. The van der Waals surface area contributed by atoms with Gasteiger partial charge in [0, 0.05) is 36.5 Å². The van der Waals surface area contributed by atoms with Crippen LogP contribution in [0.2, 0.25) is 0 Å². The Labute approximate surface area is 137 Å². The molecule has 0 spiro atoms. The number of nitrogens with two attached hydrogens (primary N) is 1. The van der Waals surface area contributed by atoms with E-state index in [0.717, 1.165) is 11.3 Å². The molecule has 0 fully saturated rings. The largest absolute Gasteiger partial charge is 0.455 e. The Morgan fingerprint density at radius 2 is 2.12 bits per heavy atom. The van der Waals surface area contributed by atoms with Gasteiger partial charge in [-0.3, -0.25) is 9.78 Å². The summed E-state index contributed by atoms with van der Waals surface area (Å²) in [5.41, 5.74) is 8.49. The SMILES string of the molecule is NC1CC=C(Oc2ccnc3ncc(=O)[nH]c23)c2cccnc2C1. The van der Waals surface area contributed by atoms with Crippen LogP contribution in [0.1, 0.15) is 17.7 Å². The Bertz CT molecular complexity index is 995. The molecule has 1 atom stereocenters. The minimum atomic E-state index is -0.306. The first-order valence-corrected chi connectivity index (χ1v) is 7.62. The van der Waals surface area contributed by atoms with Gasteiger partial charge in [-0.15, -0.1) is 0 Å². The van der Waals surface area contributed by atoms with Gasteiger partial charge in [0.25, 0.3) is 5.56 Å². The number of pyridine rings is 2. The molecule has 3 heterocycles. The lowest BCUT2D eigenvalue weighted by atomic mass is 10.1. The summed E-state index contributed by atoms with van der Waals surface area (Å²) in [4.78, 5) is 26.9. The molecule has 4 rings (SSSR count). The Morgan fingerprint density at radius 3 is 3.04 bits per heavy atom. The minimum absolute atomic E-state index is 0.00425. The van der Waals surface area contributed by atoms with Crippen molar-refractivity contribution >= 4 is 16.9 Å². The number of nitrogens with zero attached hydrogens (tertiary/aromatic N) is 3. The van der Waals surface area contributed by atoms with Gasteiger partial charge >= 0.3 is 0 Å². The summed E-state index contributed by atoms with van der Waals surface area (Å²) in [7, 11) is 0. The predicted molar refractivity (Wildman–Crippen MR) is 89.3 cm³/mol.